The van der Waals surface area contributed by atoms with Gasteiger partial charge in [0, 0.05) is 28.6 Å². The van der Waals surface area contributed by atoms with E-state index >= 15 is 0 Å². The van der Waals surface area contributed by atoms with Crippen molar-refractivity contribution in [3.05, 3.63) is 118 Å². The zero-order valence-corrected chi connectivity index (χ0v) is 17.0. The summed E-state index contributed by atoms with van der Waals surface area (Å²) in [6.07, 6.45) is 1.36. The molecule has 0 unspecified atom stereocenters. The third-order valence-corrected chi connectivity index (χ3v) is 4.82. The van der Waals surface area contributed by atoms with E-state index in [0.29, 0.717) is 17.7 Å². The summed E-state index contributed by atoms with van der Waals surface area (Å²) in [7, 11) is 0. The predicted molar refractivity (Wildman–Crippen MR) is 123 cm³/mol. The number of nitrogens with zero attached hydrogens (tertiary/aromatic N) is 2. The van der Waals surface area contributed by atoms with Gasteiger partial charge in [0.05, 0.1) is 11.1 Å². The molecule has 0 saturated carbocycles. The normalized spacial score (nSPS) is 10.9. The third-order valence-electron chi connectivity index (χ3n) is 4.82. The Balaban J connectivity index is 1.35. The van der Waals surface area contributed by atoms with E-state index in [0.717, 1.165) is 22.1 Å². The predicted octanol–water partition coefficient (Wildman–Crippen LogP) is 5.09. The van der Waals surface area contributed by atoms with Gasteiger partial charge in [-0.05, 0) is 29.1 Å². The van der Waals surface area contributed by atoms with Crippen molar-refractivity contribution in [2.75, 3.05) is 0 Å². The van der Waals surface area contributed by atoms with Crippen molar-refractivity contribution in [1.29, 1.82) is 0 Å². The molecule has 0 bridgehead atoms. The van der Waals surface area contributed by atoms with Gasteiger partial charge in [-0.15, -0.1) is 0 Å². The maximum atomic E-state index is 12.3. The van der Waals surface area contributed by atoms with Crippen molar-refractivity contribution < 1.29 is 14.5 Å². The summed E-state index contributed by atoms with van der Waals surface area (Å²) in [5, 5.41) is 16.9. The fourth-order valence-corrected chi connectivity index (χ4v) is 3.18. The number of hydrogen-bond donors (Lipinski definition) is 1. The highest BCUT2D eigenvalue weighted by Gasteiger charge is 2.07. The molecule has 0 heterocycles. The lowest BCUT2D eigenvalue weighted by molar-refractivity contribution is -0.384. The Morgan fingerprint density at radius 2 is 1.72 bits per heavy atom. The molecule has 0 aliphatic carbocycles. The maximum Gasteiger partial charge on any atom is 0.271 e. The standard InChI is InChI=1S/C25H19N3O4/c29-25(27-26-16-19-5-3-8-22(15-19)28(30)31)21-13-11-18(12-14-21)17-32-24-10-4-7-20-6-1-2-9-23(20)24/h1-16H,17H2,(H,27,29)/b26-16+. The van der Waals surface area contributed by atoms with Gasteiger partial charge in [-0.25, -0.2) is 5.43 Å². The van der Waals surface area contributed by atoms with E-state index in [-0.39, 0.29) is 11.6 Å². The van der Waals surface area contributed by atoms with E-state index in [1.165, 1.54) is 18.3 Å². The van der Waals surface area contributed by atoms with Crippen molar-refractivity contribution in [3.63, 3.8) is 0 Å². The molecule has 4 aromatic rings. The molecule has 0 atom stereocenters. The van der Waals surface area contributed by atoms with Crippen LogP contribution in [0.15, 0.2) is 96.1 Å². The van der Waals surface area contributed by atoms with Gasteiger partial charge in [0.2, 0.25) is 0 Å². The summed E-state index contributed by atoms with van der Waals surface area (Å²) >= 11 is 0. The molecule has 7 heteroatoms. The minimum Gasteiger partial charge on any atom is -0.488 e. The number of nitro groups is 1. The Morgan fingerprint density at radius 3 is 2.53 bits per heavy atom. The lowest BCUT2D eigenvalue weighted by Gasteiger charge is -2.10. The van der Waals surface area contributed by atoms with Crippen LogP contribution in [-0.4, -0.2) is 17.0 Å². The number of hydrogen-bond acceptors (Lipinski definition) is 5. The molecule has 32 heavy (non-hydrogen) atoms. The lowest BCUT2D eigenvalue weighted by Crippen LogP contribution is -2.17. The number of hydrazone groups is 1. The van der Waals surface area contributed by atoms with Crippen LogP contribution in [0.4, 0.5) is 5.69 Å². The van der Waals surface area contributed by atoms with E-state index in [2.05, 4.69) is 10.5 Å². The molecule has 0 aliphatic rings. The van der Waals surface area contributed by atoms with Crippen LogP contribution in [0, 0.1) is 10.1 Å². The number of rotatable bonds is 7. The maximum absolute atomic E-state index is 12.3. The Labute approximate surface area is 184 Å². The smallest absolute Gasteiger partial charge is 0.271 e. The topological polar surface area (TPSA) is 93.8 Å². The summed E-state index contributed by atoms with van der Waals surface area (Å²) in [6.45, 7) is 0.376. The van der Waals surface area contributed by atoms with Crippen molar-refractivity contribution in [2.45, 2.75) is 6.61 Å². The van der Waals surface area contributed by atoms with Crippen LogP contribution < -0.4 is 10.2 Å². The van der Waals surface area contributed by atoms with E-state index < -0.39 is 4.92 Å². The fourth-order valence-electron chi connectivity index (χ4n) is 3.18. The lowest BCUT2D eigenvalue weighted by atomic mass is 10.1. The monoisotopic (exact) mass is 425 g/mol. The molecule has 158 valence electrons. The van der Waals surface area contributed by atoms with Gasteiger partial charge in [0.15, 0.2) is 0 Å². The average Bonchev–Trinajstić information content (AvgIpc) is 2.83. The molecule has 7 nitrogen and oxygen atoms in total. The van der Waals surface area contributed by atoms with Gasteiger partial charge >= 0.3 is 0 Å². The molecule has 0 fully saturated rings. The molecular weight excluding hydrogens is 406 g/mol. The first kappa shape index (κ1) is 20.7. The summed E-state index contributed by atoms with van der Waals surface area (Å²) in [5.41, 5.74) is 4.26. The Bertz CT molecular complexity index is 1290. The molecule has 0 radical (unpaired) electrons. The molecular formula is C25H19N3O4. The summed E-state index contributed by atoms with van der Waals surface area (Å²) in [6, 6.07) is 27.0. The van der Waals surface area contributed by atoms with Crippen molar-refractivity contribution >= 4 is 28.6 Å². The molecule has 1 amide bonds. The fraction of sp³-hybridized carbons (Fsp3) is 0.0400. The first-order valence-corrected chi connectivity index (χ1v) is 9.87. The first-order chi connectivity index (χ1) is 15.6. The van der Waals surface area contributed by atoms with Crippen molar-refractivity contribution in [2.24, 2.45) is 5.10 Å². The van der Waals surface area contributed by atoms with Gasteiger partial charge in [-0.2, -0.15) is 5.10 Å². The van der Waals surface area contributed by atoms with Gasteiger partial charge < -0.3 is 4.74 Å². The number of nitro benzene ring substituents is 1. The van der Waals surface area contributed by atoms with E-state index in [1.807, 2.05) is 54.6 Å². The molecule has 1 N–H and O–H groups in total. The van der Waals surface area contributed by atoms with Crippen LogP contribution in [0.25, 0.3) is 10.8 Å². The van der Waals surface area contributed by atoms with Crippen LogP contribution in [-0.2, 0) is 6.61 Å². The number of fused-ring (bicyclic) bond motifs is 1. The largest absolute Gasteiger partial charge is 0.488 e. The van der Waals surface area contributed by atoms with E-state index in [4.69, 9.17) is 4.74 Å². The Morgan fingerprint density at radius 1 is 0.969 bits per heavy atom. The highest BCUT2D eigenvalue weighted by atomic mass is 16.6. The van der Waals surface area contributed by atoms with Crippen LogP contribution in [0.1, 0.15) is 21.5 Å². The Hall–Kier alpha value is -4.52. The minimum atomic E-state index is -0.485. The number of carbonyl (C=O) groups is 1. The second-order valence-electron chi connectivity index (χ2n) is 7.01. The van der Waals surface area contributed by atoms with Crippen LogP contribution >= 0.6 is 0 Å². The van der Waals surface area contributed by atoms with E-state index in [1.54, 1.807) is 24.3 Å². The van der Waals surface area contributed by atoms with Gasteiger partial charge in [-0.1, -0.05) is 60.7 Å². The molecule has 0 saturated heterocycles. The van der Waals surface area contributed by atoms with Crippen LogP contribution in [0.3, 0.4) is 0 Å². The number of carbonyl (C=O) groups excluding carboxylic acids is 1. The summed E-state index contributed by atoms with van der Waals surface area (Å²) in [4.78, 5) is 22.6. The van der Waals surface area contributed by atoms with Crippen molar-refractivity contribution in [1.82, 2.24) is 5.43 Å². The highest BCUT2D eigenvalue weighted by molar-refractivity contribution is 5.95. The molecule has 0 aliphatic heterocycles. The third kappa shape index (κ3) is 4.96. The molecule has 0 spiro atoms. The first-order valence-electron chi connectivity index (χ1n) is 9.87. The van der Waals surface area contributed by atoms with Crippen molar-refractivity contribution in [3.8, 4) is 5.75 Å². The summed E-state index contributed by atoms with van der Waals surface area (Å²) in [5.74, 6) is 0.425. The molecule has 4 rings (SSSR count). The SMILES string of the molecule is O=C(N/N=C/c1cccc([N+](=O)[O-])c1)c1ccc(COc2cccc3ccccc23)cc1. The molecule has 4 aromatic carbocycles. The summed E-state index contributed by atoms with van der Waals surface area (Å²) < 4.78 is 5.97. The minimum absolute atomic E-state index is 0.0402. The van der Waals surface area contributed by atoms with Crippen LogP contribution in [0.5, 0.6) is 5.75 Å². The quantitative estimate of drug-likeness (QED) is 0.253. The molecule has 0 aromatic heterocycles. The second-order valence-corrected chi connectivity index (χ2v) is 7.01. The zero-order chi connectivity index (χ0) is 22.3. The number of ether oxygens (including phenoxy) is 1. The number of amides is 1. The van der Waals surface area contributed by atoms with Crippen LogP contribution in [0.2, 0.25) is 0 Å². The number of non-ortho nitro benzene ring substituents is 1. The van der Waals surface area contributed by atoms with Gasteiger partial charge in [0.1, 0.15) is 12.4 Å². The van der Waals surface area contributed by atoms with Gasteiger partial charge in [-0.3, -0.25) is 14.9 Å². The zero-order valence-electron chi connectivity index (χ0n) is 17.0. The number of benzene rings is 4. The number of nitrogens with one attached hydrogen (secondary N) is 1. The average molecular weight is 425 g/mol. The highest BCUT2D eigenvalue weighted by Crippen LogP contribution is 2.26. The Kier molecular flexibility index (Phi) is 6.17. The van der Waals surface area contributed by atoms with Gasteiger partial charge in [0.25, 0.3) is 11.6 Å². The second kappa shape index (κ2) is 9.53. The van der Waals surface area contributed by atoms with E-state index in [9.17, 15) is 14.9 Å².